The van der Waals surface area contributed by atoms with Gasteiger partial charge in [-0.25, -0.2) is 5.43 Å². The summed E-state index contributed by atoms with van der Waals surface area (Å²) in [5.41, 5.74) is 10.0. The van der Waals surface area contributed by atoms with Gasteiger partial charge in [0.25, 0.3) is 5.91 Å². The van der Waals surface area contributed by atoms with E-state index >= 15 is 0 Å². The Morgan fingerprint density at radius 3 is 2.58 bits per heavy atom. The van der Waals surface area contributed by atoms with Crippen molar-refractivity contribution in [3.8, 4) is 5.69 Å². The number of hydrazone groups is 1. The van der Waals surface area contributed by atoms with Crippen molar-refractivity contribution < 1.29 is 4.79 Å². The third-order valence-corrected chi connectivity index (χ3v) is 6.19. The zero-order valence-corrected chi connectivity index (χ0v) is 20.1. The number of fused-ring (bicyclic) bond motifs is 1. The van der Waals surface area contributed by atoms with Crippen LogP contribution in [0.3, 0.4) is 0 Å². The second-order valence-electron chi connectivity index (χ2n) is 9.20. The summed E-state index contributed by atoms with van der Waals surface area (Å²) in [7, 11) is 0. The van der Waals surface area contributed by atoms with Gasteiger partial charge in [0.05, 0.1) is 11.8 Å². The summed E-state index contributed by atoms with van der Waals surface area (Å²) in [5.74, 6) is -0.234. The van der Waals surface area contributed by atoms with E-state index in [2.05, 4.69) is 68.3 Å². The maximum absolute atomic E-state index is 12.7. The molecular formula is C28H32N4O. The quantitative estimate of drug-likeness (QED) is 0.380. The molecule has 170 valence electrons. The summed E-state index contributed by atoms with van der Waals surface area (Å²) in [6.45, 7) is 12.0. The number of carbonyl (C=O) groups is 1. The minimum absolute atomic E-state index is 0.0156. The van der Waals surface area contributed by atoms with Crippen LogP contribution in [0.1, 0.15) is 61.2 Å². The van der Waals surface area contributed by atoms with Crippen molar-refractivity contribution in [1.82, 2.24) is 9.99 Å². The number of rotatable bonds is 6. The van der Waals surface area contributed by atoms with Gasteiger partial charge in [-0.3, -0.25) is 4.79 Å². The lowest BCUT2D eigenvalue weighted by Crippen LogP contribution is -2.45. The van der Waals surface area contributed by atoms with E-state index < -0.39 is 0 Å². The first kappa shape index (κ1) is 22.6. The lowest BCUT2D eigenvalue weighted by molar-refractivity contribution is 0.0955. The Labute approximate surface area is 196 Å². The summed E-state index contributed by atoms with van der Waals surface area (Å²) in [6.07, 6.45) is 9.07. The maximum atomic E-state index is 12.7. The SMILES string of the molecule is CCCN1c2cc(C)c(/C=N/NC(=O)c3cccc(-n4cccc4)c3)cc2C(C)=CC1(C)C. The maximum Gasteiger partial charge on any atom is 0.271 e. The van der Waals surface area contributed by atoms with Crippen molar-refractivity contribution in [1.29, 1.82) is 0 Å². The molecule has 0 fully saturated rings. The number of nitrogens with zero attached hydrogens (tertiary/aromatic N) is 3. The average Bonchev–Trinajstić information content (AvgIpc) is 3.32. The summed E-state index contributed by atoms with van der Waals surface area (Å²) < 4.78 is 1.97. The molecule has 0 atom stereocenters. The van der Waals surface area contributed by atoms with Crippen LogP contribution in [-0.2, 0) is 0 Å². The molecule has 5 nitrogen and oxygen atoms in total. The molecule has 1 aliphatic rings. The van der Waals surface area contributed by atoms with Crippen LogP contribution >= 0.6 is 0 Å². The molecule has 33 heavy (non-hydrogen) atoms. The minimum atomic E-state index is -0.234. The highest BCUT2D eigenvalue weighted by atomic mass is 16.2. The highest BCUT2D eigenvalue weighted by molar-refractivity contribution is 5.96. The van der Waals surface area contributed by atoms with Crippen LogP contribution < -0.4 is 10.3 Å². The lowest BCUT2D eigenvalue weighted by Gasteiger charge is -2.43. The van der Waals surface area contributed by atoms with Crippen molar-refractivity contribution in [2.75, 3.05) is 11.4 Å². The molecule has 1 N–H and O–H groups in total. The van der Waals surface area contributed by atoms with E-state index in [1.165, 1.54) is 16.8 Å². The number of nitrogens with one attached hydrogen (secondary N) is 1. The lowest BCUT2D eigenvalue weighted by atomic mass is 9.87. The van der Waals surface area contributed by atoms with Crippen LogP contribution in [0, 0.1) is 6.92 Å². The minimum Gasteiger partial charge on any atom is -0.362 e. The Bertz CT molecular complexity index is 1220. The largest absolute Gasteiger partial charge is 0.362 e. The highest BCUT2D eigenvalue weighted by Gasteiger charge is 2.31. The van der Waals surface area contributed by atoms with E-state index in [-0.39, 0.29) is 11.4 Å². The molecule has 1 amide bonds. The Morgan fingerprint density at radius 1 is 1.09 bits per heavy atom. The topological polar surface area (TPSA) is 49.6 Å². The molecule has 0 unspecified atom stereocenters. The van der Waals surface area contributed by atoms with Gasteiger partial charge in [-0.15, -0.1) is 0 Å². The van der Waals surface area contributed by atoms with Crippen LogP contribution in [0.4, 0.5) is 5.69 Å². The number of carbonyl (C=O) groups excluding carboxylic acids is 1. The molecule has 4 rings (SSSR count). The Kier molecular flexibility index (Phi) is 6.23. The van der Waals surface area contributed by atoms with E-state index in [0.29, 0.717) is 5.56 Å². The number of aryl methyl sites for hydroxylation is 1. The zero-order valence-electron chi connectivity index (χ0n) is 20.1. The standard InChI is InChI=1S/C28H32N4O/c1-6-12-32-26-15-20(2)23(17-25(26)21(3)18-28(32,4)5)19-29-30-27(33)22-10-9-11-24(16-22)31-13-7-8-14-31/h7-11,13-19H,6,12H2,1-5H3,(H,30,33)/b29-19+. The first-order chi connectivity index (χ1) is 15.8. The van der Waals surface area contributed by atoms with E-state index in [1.54, 1.807) is 12.3 Å². The first-order valence-corrected chi connectivity index (χ1v) is 11.5. The summed E-state index contributed by atoms with van der Waals surface area (Å²) in [4.78, 5) is 15.1. The van der Waals surface area contributed by atoms with E-state index in [1.807, 2.05) is 47.3 Å². The number of anilines is 1. The molecule has 0 spiro atoms. The van der Waals surface area contributed by atoms with Gasteiger partial charge in [0.2, 0.25) is 0 Å². The number of amides is 1. The fraction of sp³-hybridized carbons (Fsp3) is 0.286. The summed E-state index contributed by atoms with van der Waals surface area (Å²) >= 11 is 0. The molecule has 0 bridgehead atoms. The predicted octanol–water partition coefficient (Wildman–Crippen LogP) is 5.96. The van der Waals surface area contributed by atoms with E-state index in [0.717, 1.165) is 29.8 Å². The number of allylic oxidation sites excluding steroid dienone is 1. The van der Waals surface area contributed by atoms with Gasteiger partial charge in [-0.1, -0.05) is 19.1 Å². The van der Waals surface area contributed by atoms with Gasteiger partial charge in [-0.2, -0.15) is 5.10 Å². The molecule has 3 aromatic rings. The van der Waals surface area contributed by atoms with Gasteiger partial charge >= 0.3 is 0 Å². The number of aromatic nitrogens is 1. The highest BCUT2D eigenvalue weighted by Crippen LogP contribution is 2.40. The third kappa shape index (κ3) is 4.63. The van der Waals surface area contributed by atoms with Crippen molar-refractivity contribution in [3.63, 3.8) is 0 Å². The molecular weight excluding hydrogens is 408 g/mol. The number of hydrogen-bond acceptors (Lipinski definition) is 3. The average molecular weight is 441 g/mol. The summed E-state index contributed by atoms with van der Waals surface area (Å²) in [5, 5.41) is 4.26. The number of benzene rings is 2. The molecule has 2 heterocycles. The predicted molar refractivity (Wildman–Crippen MR) is 137 cm³/mol. The molecule has 1 aliphatic heterocycles. The van der Waals surface area contributed by atoms with Crippen LogP contribution in [-0.4, -0.2) is 28.8 Å². The normalized spacial score (nSPS) is 14.8. The van der Waals surface area contributed by atoms with Crippen LogP contribution in [0.15, 0.2) is 72.1 Å². The number of hydrogen-bond donors (Lipinski definition) is 1. The van der Waals surface area contributed by atoms with Crippen molar-refractivity contribution >= 4 is 23.4 Å². The Hall–Kier alpha value is -3.60. The molecule has 0 radical (unpaired) electrons. The molecule has 1 aromatic heterocycles. The van der Waals surface area contributed by atoms with Gasteiger partial charge in [0.15, 0.2) is 0 Å². The van der Waals surface area contributed by atoms with E-state index in [4.69, 9.17) is 0 Å². The van der Waals surface area contributed by atoms with Crippen LogP contribution in [0.2, 0.25) is 0 Å². The monoisotopic (exact) mass is 440 g/mol. The molecule has 0 aliphatic carbocycles. The first-order valence-electron chi connectivity index (χ1n) is 11.5. The molecule has 5 heteroatoms. The van der Waals surface area contributed by atoms with Crippen molar-refractivity contribution in [3.05, 3.63) is 89.3 Å². The van der Waals surface area contributed by atoms with Gasteiger partial charge in [0.1, 0.15) is 0 Å². The Balaban J connectivity index is 1.54. The second-order valence-corrected chi connectivity index (χ2v) is 9.20. The van der Waals surface area contributed by atoms with Gasteiger partial charge in [0, 0.05) is 41.4 Å². The zero-order chi connectivity index (χ0) is 23.6. The van der Waals surface area contributed by atoms with E-state index in [9.17, 15) is 4.79 Å². The Morgan fingerprint density at radius 2 is 1.85 bits per heavy atom. The summed E-state index contributed by atoms with van der Waals surface area (Å²) in [6, 6.07) is 15.8. The van der Waals surface area contributed by atoms with Crippen molar-refractivity contribution in [2.24, 2.45) is 5.10 Å². The van der Waals surface area contributed by atoms with Crippen LogP contribution in [0.5, 0.6) is 0 Å². The molecule has 0 saturated heterocycles. The third-order valence-electron chi connectivity index (χ3n) is 6.19. The van der Waals surface area contributed by atoms with Gasteiger partial charge in [-0.05, 0) is 93.3 Å². The van der Waals surface area contributed by atoms with Crippen molar-refractivity contribution in [2.45, 2.75) is 46.6 Å². The van der Waals surface area contributed by atoms with Gasteiger partial charge < -0.3 is 9.47 Å². The second kappa shape index (κ2) is 9.10. The molecule has 0 saturated carbocycles. The fourth-order valence-electron chi connectivity index (χ4n) is 4.56. The molecule has 2 aromatic carbocycles. The van der Waals surface area contributed by atoms with Crippen LogP contribution in [0.25, 0.3) is 11.3 Å². The smallest absolute Gasteiger partial charge is 0.271 e. The fourth-order valence-corrected chi connectivity index (χ4v) is 4.56.